The molecule has 2 aromatic heterocycles. The van der Waals surface area contributed by atoms with Gasteiger partial charge in [0, 0.05) is 35.8 Å². The van der Waals surface area contributed by atoms with Crippen LogP contribution in [0.3, 0.4) is 0 Å². The van der Waals surface area contributed by atoms with Crippen molar-refractivity contribution in [3.05, 3.63) is 75.1 Å². The van der Waals surface area contributed by atoms with Crippen LogP contribution in [0.15, 0.2) is 57.7 Å². The third-order valence-electron chi connectivity index (χ3n) is 5.78. The molecule has 0 amide bonds. The Kier molecular flexibility index (Phi) is 4.49. The van der Waals surface area contributed by atoms with Gasteiger partial charge in [0.05, 0.1) is 28.3 Å². The van der Waals surface area contributed by atoms with E-state index in [2.05, 4.69) is 36.4 Å². The van der Waals surface area contributed by atoms with Crippen molar-refractivity contribution in [2.45, 2.75) is 32.2 Å². The summed E-state index contributed by atoms with van der Waals surface area (Å²) < 4.78 is 6.69. The molecule has 4 aromatic rings. The molecule has 0 spiro atoms. The smallest absolute Gasteiger partial charge is 0.336 e. The Balaban J connectivity index is 1.32. The minimum absolute atomic E-state index is 0.253. The molecule has 0 radical (unpaired) electrons. The lowest BCUT2D eigenvalue weighted by atomic mass is 9.97. The van der Waals surface area contributed by atoms with E-state index in [0.29, 0.717) is 11.5 Å². The Morgan fingerprint density at radius 1 is 1.14 bits per heavy atom. The van der Waals surface area contributed by atoms with E-state index in [1.807, 2.05) is 24.3 Å². The fourth-order valence-corrected chi connectivity index (χ4v) is 5.40. The van der Waals surface area contributed by atoms with E-state index in [4.69, 9.17) is 9.40 Å². The first-order valence-corrected chi connectivity index (χ1v) is 10.7. The van der Waals surface area contributed by atoms with Crippen molar-refractivity contribution in [1.29, 1.82) is 0 Å². The molecule has 0 aliphatic carbocycles. The summed E-state index contributed by atoms with van der Waals surface area (Å²) in [6, 6.07) is 16.2. The number of piperidine rings is 1. The van der Waals surface area contributed by atoms with Crippen LogP contribution in [0.1, 0.15) is 34.9 Å². The fourth-order valence-electron chi connectivity index (χ4n) is 4.27. The number of rotatable bonds is 3. The number of thiazole rings is 1. The van der Waals surface area contributed by atoms with Crippen LogP contribution in [0, 0.1) is 6.92 Å². The number of nitrogens with zero attached hydrogens (tertiary/aromatic N) is 1. The molecule has 0 bridgehead atoms. The van der Waals surface area contributed by atoms with Crippen LogP contribution in [0.5, 0.6) is 0 Å². The lowest BCUT2D eigenvalue weighted by Crippen LogP contribution is -3.11. The van der Waals surface area contributed by atoms with E-state index >= 15 is 0 Å². The predicted molar refractivity (Wildman–Crippen MR) is 113 cm³/mol. The van der Waals surface area contributed by atoms with Crippen LogP contribution in [0.2, 0.25) is 0 Å². The summed E-state index contributed by atoms with van der Waals surface area (Å²) in [6.07, 6.45) is 2.29. The molecule has 1 saturated heterocycles. The van der Waals surface area contributed by atoms with Gasteiger partial charge in [-0.25, -0.2) is 9.78 Å². The van der Waals surface area contributed by atoms with Gasteiger partial charge in [0.15, 0.2) is 0 Å². The molecular formula is C23H23N2O2S+. The van der Waals surface area contributed by atoms with Gasteiger partial charge in [0.2, 0.25) is 0 Å². The first-order chi connectivity index (χ1) is 13.7. The van der Waals surface area contributed by atoms with E-state index in [1.165, 1.54) is 14.6 Å². The van der Waals surface area contributed by atoms with Gasteiger partial charge in [-0.1, -0.05) is 24.3 Å². The summed E-state index contributed by atoms with van der Waals surface area (Å²) in [5.41, 5.74) is 3.77. The van der Waals surface area contributed by atoms with Crippen LogP contribution >= 0.6 is 11.3 Å². The molecule has 1 fully saturated rings. The zero-order valence-electron chi connectivity index (χ0n) is 15.9. The van der Waals surface area contributed by atoms with Crippen LogP contribution in [0.25, 0.3) is 21.2 Å². The molecule has 5 rings (SSSR count). The minimum Gasteiger partial charge on any atom is -0.423 e. The van der Waals surface area contributed by atoms with Gasteiger partial charge >= 0.3 is 5.63 Å². The highest BCUT2D eigenvalue weighted by Gasteiger charge is 2.26. The first-order valence-electron chi connectivity index (χ1n) is 9.88. The molecular weight excluding hydrogens is 368 g/mol. The fraction of sp³-hybridized carbons (Fsp3) is 0.304. The molecule has 0 unspecified atom stereocenters. The standard InChI is InChI=1S/C23H22N2O2S/c1-15-6-7-18-17(13-22(26)27-20(18)12-15)14-25-10-8-16(9-11-25)23-24-19-4-2-3-5-21(19)28-23/h2-7,12-13,16H,8-11,14H2,1H3/p+1. The highest BCUT2D eigenvalue weighted by molar-refractivity contribution is 7.18. The van der Waals surface area contributed by atoms with Gasteiger partial charge in [0.1, 0.15) is 12.1 Å². The quantitative estimate of drug-likeness (QED) is 0.542. The number of nitrogens with one attached hydrogen (secondary N) is 1. The van der Waals surface area contributed by atoms with Crippen LogP contribution in [-0.2, 0) is 6.54 Å². The van der Waals surface area contributed by atoms with E-state index in [1.54, 1.807) is 6.07 Å². The number of benzene rings is 2. The third-order valence-corrected chi connectivity index (χ3v) is 6.98. The normalized spacial score (nSPS) is 20.0. The minimum atomic E-state index is -0.253. The van der Waals surface area contributed by atoms with Crippen molar-refractivity contribution >= 4 is 32.5 Å². The monoisotopic (exact) mass is 391 g/mol. The van der Waals surface area contributed by atoms with Crippen molar-refractivity contribution in [2.75, 3.05) is 13.1 Å². The molecule has 142 valence electrons. The highest BCUT2D eigenvalue weighted by Crippen LogP contribution is 2.31. The molecule has 2 aromatic carbocycles. The molecule has 1 aliphatic rings. The van der Waals surface area contributed by atoms with E-state index < -0.39 is 0 Å². The van der Waals surface area contributed by atoms with Crippen molar-refractivity contribution < 1.29 is 9.32 Å². The van der Waals surface area contributed by atoms with E-state index in [0.717, 1.165) is 54.5 Å². The summed E-state index contributed by atoms with van der Waals surface area (Å²) in [7, 11) is 0. The number of fused-ring (bicyclic) bond motifs is 2. The highest BCUT2D eigenvalue weighted by atomic mass is 32.1. The molecule has 1 aliphatic heterocycles. The SMILES string of the molecule is Cc1ccc2c(C[NH+]3CCC(c4nc5ccccc5s4)CC3)cc(=O)oc2c1. The Hall–Kier alpha value is -2.50. The molecule has 1 N–H and O–H groups in total. The second-order valence-electron chi connectivity index (χ2n) is 7.81. The zero-order valence-corrected chi connectivity index (χ0v) is 16.7. The van der Waals surface area contributed by atoms with Gasteiger partial charge in [-0.05, 0) is 30.7 Å². The Morgan fingerprint density at radius 3 is 2.79 bits per heavy atom. The zero-order chi connectivity index (χ0) is 19.1. The van der Waals surface area contributed by atoms with E-state index in [-0.39, 0.29) is 5.63 Å². The summed E-state index contributed by atoms with van der Waals surface area (Å²) in [5, 5.41) is 2.34. The Bertz CT molecular complexity index is 1170. The van der Waals surface area contributed by atoms with Crippen molar-refractivity contribution in [3.8, 4) is 0 Å². The maximum atomic E-state index is 12.0. The maximum Gasteiger partial charge on any atom is 0.336 e. The maximum absolute atomic E-state index is 12.0. The first kappa shape index (κ1) is 17.6. The Morgan fingerprint density at radius 2 is 1.96 bits per heavy atom. The Labute approximate surface area is 167 Å². The predicted octanol–water partition coefficient (Wildman–Crippen LogP) is 3.67. The van der Waals surface area contributed by atoms with Gasteiger partial charge in [0.25, 0.3) is 0 Å². The van der Waals surface area contributed by atoms with Crippen molar-refractivity contribution in [2.24, 2.45) is 0 Å². The number of para-hydroxylation sites is 1. The van der Waals surface area contributed by atoms with Gasteiger partial charge in [-0.2, -0.15) is 0 Å². The van der Waals surface area contributed by atoms with Crippen LogP contribution in [0.4, 0.5) is 0 Å². The summed E-state index contributed by atoms with van der Waals surface area (Å²) in [4.78, 5) is 18.4. The average molecular weight is 392 g/mol. The molecule has 4 nitrogen and oxygen atoms in total. The van der Waals surface area contributed by atoms with Crippen LogP contribution < -0.4 is 10.5 Å². The second-order valence-corrected chi connectivity index (χ2v) is 8.87. The van der Waals surface area contributed by atoms with Crippen molar-refractivity contribution in [3.63, 3.8) is 0 Å². The van der Waals surface area contributed by atoms with E-state index in [9.17, 15) is 4.79 Å². The third kappa shape index (κ3) is 3.36. The molecule has 0 saturated carbocycles. The lowest BCUT2D eigenvalue weighted by molar-refractivity contribution is -0.918. The lowest BCUT2D eigenvalue weighted by Gasteiger charge is -2.28. The van der Waals surface area contributed by atoms with Crippen molar-refractivity contribution in [1.82, 2.24) is 4.98 Å². The number of hydrogen-bond acceptors (Lipinski definition) is 4. The number of likely N-dealkylation sites (tertiary alicyclic amines) is 1. The number of hydrogen-bond donors (Lipinski definition) is 1. The summed E-state index contributed by atoms with van der Waals surface area (Å²) in [6.45, 7) is 5.10. The number of aryl methyl sites for hydroxylation is 1. The summed E-state index contributed by atoms with van der Waals surface area (Å²) >= 11 is 1.84. The van der Waals surface area contributed by atoms with Crippen LogP contribution in [-0.4, -0.2) is 18.1 Å². The second kappa shape index (κ2) is 7.15. The average Bonchev–Trinajstić information content (AvgIpc) is 3.12. The molecule has 3 heterocycles. The van der Waals surface area contributed by atoms with Gasteiger partial charge < -0.3 is 9.32 Å². The summed E-state index contributed by atoms with van der Waals surface area (Å²) in [5.74, 6) is 0.557. The molecule has 0 atom stereocenters. The van der Waals surface area contributed by atoms with Gasteiger partial charge in [-0.3, -0.25) is 0 Å². The van der Waals surface area contributed by atoms with Gasteiger partial charge in [-0.15, -0.1) is 11.3 Å². The number of aromatic nitrogens is 1. The molecule has 28 heavy (non-hydrogen) atoms. The number of quaternary nitrogens is 1. The molecule has 5 heteroatoms. The topological polar surface area (TPSA) is 47.5 Å². The largest absolute Gasteiger partial charge is 0.423 e.